The fourth-order valence-electron chi connectivity index (χ4n) is 3.52. The van der Waals surface area contributed by atoms with Gasteiger partial charge < -0.3 is 5.32 Å². The van der Waals surface area contributed by atoms with Gasteiger partial charge in [-0.05, 0) is 53.3 Å². The average molecular weight is 386 g/mol. The first-order valence-electron chi connectivity index (χ1n) is 8.79. The minimum atomic E-state index is 0.0462. The van der Waals surface area contributed by atoms with Gasteiger partial charge in [0.1, 0.15) is 0 Å². The third-order valence-electron chi connectivity index (χ3n) is 4.82. The predicted octanol–water partition coefficient (Wildman–Crippen LogP) is 4.38. The van der Waals surface area contributed by atoms with Crippen LogP contribution >= 0.6 is 22.9 Å². The van der Waals surface area contributed by atoms with Crippen molar-refractivity contribution in [2.24, 2.45) is 0 Å². The van der Waals surface area contributed by atoms with E-state index in [2.05, 4.69) is 10.4 Å². The highest BCUT2D eigenvalue weighted by atomic mass is 35.5. The fourth-order valence-corrected chi connectivity index (χ4v) is 4.38. The standard InChI is InChI=1S/C20H20ClN3OS/c21-17-5-2-1-4-15(17)12-24-19-7-3-6-18(16(19)11-22-24)23-20(25)10-14-8-9-26-13-14/h1-2,4-5,8-9,11,13,18H,3,6-7,10,12H2,(H,23,25)/t18-/m1/s1. The molecule has 1 N–H and O–H groups in total. The van der Waals surface area contributed by atoms with Crippen molar-refractivity contribution in [1.29, 1.82) is 0 Å². The van der Waals surface area contributed by atoms with Gasteiger partial charge in [-0.25, -0.2) is 0 Å². The van der Waals surface area contributed by atoms with Gasteiger partial charge in [-0.1, -0.05) is 29.8 Å². The van der Waals surface area contributed by atoms with Gasteiger partial charge in [0.25, 0.3) is 0 Å². The van der Waals surface area contributed by atoms with Gasteiger partial charge in [0.15, 0.2) is 0 Å². The Balaban J connectivity index is 1.49. The lowest BCUT2D eigenvalue weighted by Crippen LogP contribution is -2.32. The monoisotopic (exact) mass is 385 g/mol. The number of amides is 1. The number of aromatic nitrogens is 2. The number of carbonyl (C=O) groups is 1. The van der Waals surface area contributed by atoms with Crippen LogP contribution in [0.15, 0.2) is 47.3 Å². The molecule has 1 aliphatic carbocycles. The van der Waals surface area contributed by atoms with Crippen LogP contribution in [-0.4, -0.2) is 15.7 Å². The highest BCUT2D eigenvalue weighted by Gasteiger charge is 2.25. The van der Waals surface area contributed by atoms with Crippen molar-refractivity contribution >= 4 is 28.8 Å². The average Bonchev–Trinajstić information content (AvgIpc) is 3.28. The molecule has 0 fully saturated rings. The number of hydrogen-bond donors (Lipinski definition) is 1. The Morgan fingerprint density at radius 3 is 3.04 bits per heavy atom. The second-order valence-corrected chi connectivity index (χ2v) is 7.80. The largest absolute Gasteiger partial charge is 0.349 e. The molecule has 1 amide bonds. The van der Waals surface area contributed by atoms with Crippen LogP contribution in [0.2, 0.25) is 5.02 Å². The lowest BCUT2D eigenvalue weighted by Gasteiger charge is -2.24. The van der Waals surface area contributed by atoms with E-state index in [1.807, 2.05) is 52.0 Å². The van der Waals surface area contributed by atoms with Gasteiger partial charge in [-0.15, -0.1) is 0 Å². The summed E-state index contributed by atoms with van der Waals surface area (Å²) in [6.07, 6.45) is 5.32. The molecule has 6 heteroatoms. The van der Waals surface area contributed by atoms with E-state index in [1.54, 1.807) is 11.3 Å². The Morgan fingerprint density at radius 2 is 2.23 bits per heavy atom. The molecule has 0 unspecified atom stereocenters. The SMILES string of the molecule is O=C(Cc1ccsc1)N[C@@H]1CCCc2c1cnn2Cc1ccccc1Cl. The molecular weight excluding hydrogens is 366 g/mol. The van der Waals surface area contributed by atoms with Gasteiger partial charge in [0, 0.05) is 16.3 Å². The Morgan fingerprint density at radius 1 is 1.35 bits per heavy atom. The molecule has 0 spiro atoms. The fraction of sp³-hybridized carbons (Fsp3) is 0.300. The Bertz CT molecular complexity index is 904. The van der Waals surface area contributed by atoms with Crippen LogP contribution in [0, 0.1) is 0 Å². The summed E-state index contributed by atoms with van der Waals surface area (Å²) >= 11 is 7.91. The molecule has 4 rings (SSSR count). The van der Waals surface area contributed by atoms with E-state index in [-0.39, 0.29) is 11.9 Å². The van der Waals surface area contributed by atoms with E-state index in [1.165, 1.54) is 5.69 Å². The number of fused-ring (bicyclic) bond motifs is 1. The van der Waals surface area contributed by atoms with Crippen molar-refractivity contribution in [2.75, 3.05) is 0 Å². The number of halogens is 1. The van der Waals surface area contributed by atoms with Crippen molar-refractivity contribution in [1.82, 2.24) is 15.1 Å². The van der Waals surface area contributed by atoms with Crippen LogP contribution in [0.4, 0.5) is 0 Å². The number of nitrogens with one attached hydrogen (secondary N) is 1. The maximum absolute atomic E-state index is 12.4. The smallest absolute Gasteiger partial charge is 0.224 e. The van der Waals surface area contributed by atoms with Gasteiger partial charge in [-0.3, -0.25) is 9.48 Å². The summed E-state index contributed by atoms with van der Waals surface area (Å²) in [5, 5.41) is 12.5. The third-order valence-corrected chi connectivity index (χ3v) is 5.92. The lowest BCUT2D eigenvalue weighted by atomic mass is 9.92. The minimum Gasteiger partial charge on any atom is -0.349 e. The topological polar surface area (TPSA) is 46.9 Å². The van der Waals surface area contributed by atoms with E-state index in [4.69, 9.17) is 11.6 Å². The first kappa shape index (κ1) is 17.3. The number of rotatable bonds is 5. The maximum Gasteiger partial charge on any atom is 0.224 e. The molecule has 2 aromatic heterocycles. The number of benzene rings is 1. The zero-order chi connectivity index (χ0) is 17.9. The maximum atomic E-state index is 12.4. The van der Waals surface area contributed by atoms with Crippen LogP contribution in [-0.2, 0) is 24.2 Å². The molecule has 26 heavy (non-hydrogen) atoms. The van der Waals surface area contributed by atoms with Crippen molar-refractivity contribution in [2.45, 2.75) is 38.3 Å². The van der Waals surface area contributed by atoms with Gasteiger partial charge in [-0.2, -0.15) is 16.4 Å². The minimum absolute atomic E-state index is 0.0462. The predicted molar refractivity (Wildman–Crippen MR) is 105 cm³/mol. The van der Waals surface area contributed by atoms with E-state index < -0.39 is 0 Å². The van der Waals surface area contributed by atoms with Crippen molar-refractivity contribution in [3.8, 4) is 0 Å². The van der Waals surface area contributed by atoms with Gasteiger partial charge in [0.05, 0.1) is 25.2 Å². The van der Waals surface area contributed by atoms with Crippen LogP contribution in [0.3, 0.4) is 0 Å². The van der Waals surface area contributed by atoms with E-state index in [0.717, 1.165) is 41.0 Å². The summed E-state index contributed by atoms with van der Waals surface area (Å²) in [5.41, 5.74) is 4.47. The molecule has 1 atom stereocenters. The van der Waals surface area contributed by atoms with Gasteiger partial charge in [0.2, 0.25) is 5.91 Å². The second kappa shape index (κ2) is 7.64. The number of hydrogen-bond acceptors (Lipinski definition) is 3. The van der Waals surface area contributed by atoms with Crippen LogP contribution in [0.5, 0.6) is 0 Å². The molecule has 0 saturated carbocycles. The molecular formula is C20H20ClN3OS. The molecule has 2 heterocycles. The molecule has 4 nitrogen and oxygen atoms in total. The highest BCUT2D eigenvalue weighted by Crippen LogP contribution is 2.30. The van der Waals surface area contributed by atoms with Crippen LogP contribution in [0.25, 0.3) is 0 Å². The summed E-state index contributed by atoms with van der Waals surface area (Å²) in [5.74, 6) is 0.0695. The van der Waals surface area contributed by atoms with E-state index in [0.29, 0.717) is 13.0 Å². The first-order chi connectivity index (χ1) is 12.7. The van der Waals surface area contributed by atoms with Crippen molar-refractivity contribution in [3.63, 3.8) is 0 Å². The zero-order valence-electron chi connectivity index (χ0n) is 14.3. The molecule has 0 saturated heterocycles. The molecule has 0 radical (unpaired) electrons. The molecule has 134 valence electrons. The van der Waals surface area contributed by atoms with Crippen LogP contribution < -0.4 is 5.32 Å². The van der Waals surface area contributed by atoms with Gasteiger partial charge >= 0.3 is 0 Å². The normalized spacial score (nSPS) is 16.3. The summed E-state index contributed by atoms with van der Waals surface area (Å²) in [6, 6.07) is 9.90. The van der Waals surface area contributed by atoms with Crippen LogP contribution in [0.1, 0.15) is 41.3 Å². The summed E-state index contributed by atoms with van der Waals surface area (Å²) in [7, 11) is 0. The van der Waals surface area contributed by atoms with Crippen molar-refractivity contribution in [3.05, 3.63) is 74.7 Å². The van der Waals surface area contributed by atoms with Crippen molar-refractivity contribution < 1.29 is 4.79 Å². The quantitative estimate of drug-likeness (QED) is 0.708. The first-order valence-corrected chi connectivity index (χ1v) is 10.1. The number of thiophene rings is 1. The lowest BCUT2D eigenvalue weighted by molar-refractivity contribution is -0.121. The Hall–Kier alpha value is -2.11. The second-order valence-electron chi connectivity index (χ2n) is 6.62. The third kappa shape index (κ3) is 3.69. The summed E-state index contributed by atoms with van der Waals surface area (Å²) in [4.78, 5) is 12.4. The zero-order valence-corrected chi connectivity index (χ0v) is 15.9. The summed E-state index contributed by atoms with van der Waals surface area (Å²) in [6.45, 7) is 0.657. The molecule has 3 aromatic rings. The Labute approximate surface area is 161 Å². The molecule has 1 aromatic carbocycles. The molecule has 0 aliphatic heterocycles. The number of nitrogens with zero attached hydrogens (tertiary/aromatic N) is 2. The molecule has 0 bridgehead atoms. The molecule has 1 aliphatic rings. The number of carbonyl (C=O) groups excluding carboxylic acids is 1. The Kier molecular flexibility index (Phi) is 5.09. The van der Waals surface area contributed by atoms with E-state index in [9.17, 15) is 4.79 Å². The summed E-state index contributed by atoms with van der Waals surface area (Å²) < 4.78 is 2.02. The van der Waals surface area contributed by atoms with E-state index >= 15 is 0 Å². The highest BCUT2D eigenvalue weighted by molar-refractivity contribution is 7.08.